The molecule has 0 saturated carbocycles. The first-order chi connectivity index (χ1) is 8.75. The zero-order valence-corrected chi connectivity index (χ0v) is 11.0. The average molecular weight is 243 g/mol. The lowest BCUT2D eigenvalue weighted by molar-refractivity contribution is -0.128. The number of carbonyl (C=O) groups is 1. The summed E-state index contributed by atoms with van der Waals surface area (Å²) in [4.78, 5) is 12.6. The molecule has 0 radical (unpaired) electrons. The molecule has 96 valence electrons. The van der Waals surface area contributed by atoms with Crippen LogP contribution in [0.15, 0.2) is 24.3 Å². The Morgan fingerprint density at radius 1 is 1.44 bits per heavy atom. The summed E-state index contributed by atoms with van der Waals surface area (Å²) in [5, 5.41) is 3.35. The maximum atomic E-state index is 12.6. The summed E-state index contributed by atoms with van der Waals surface area (Å²) in [6.07, 6.45) is 3.84. The van der Waals surface area contributed by atoms with Gasteiger partial charge in [0.05, 0.1) is 0 Å². The first kappa shape index (κ1) is 11.9. The number of benzene rings is 1. The molecule has 0 aromatic heterocycles. The van der Waals surface area contributed by atoms with Crippen molar-refractivity contribution >= 4 is 5.78 Å². The van der Waals surface area contributed by atoms with E-state index in [0.29, 0.717) is 11.7 Å². The minimum Gasteiger partial charge on any atom is -0.316 e. The van der Waals surface area contributed by atoms with Crippen LogP contribution in [-0.4, -0.2) is 18.9 Å². The highest BCUT2D eigenvalue weighted by Crippen LogP contribution is 2.41. The molecular formula is C16H21NO. The van der Waals surface area contributed by atoms with Crippen molar-refractivity contribution in [1.82, 2.24) is 5.32 Å². The van der Waals surface area contributed by atoms with Crippen LogP contribution in [0, 0.1) is 5.41 Å². The topological polar surface area (TPSA) is 29.1 Å². The highest BCUT2D eigenvalue weighted by molar-refractivity contribution is 5.86. The van der Waals surface area contributed by atoms with Crippen molar-refractivity contribution in [2.75, 3.05) is 13.1 Å². The van der Waals surface area contributed by atoms with Crippen LogP contribution in [0.4, 0.5) is 0 Å². The second kappa shape index (κ2) is 4.51. The summed E-state index contributed by atoms with van der Waals surface area (Å²) in [6, 6.07) is 8.54. The molecular weight excluding hydrogens is 222 g/mol. The fraction of sp³-hybridized carbons (Fsp3) is 0.562. The second-order valence-corrected chi connectivity index (χ2v) is 5.79. The van der Waals surface area contributed by atoms with Crippen LogP contribution in [0.3, 0.4) is 0 Å². The largest absolute Gasteiger partial charge is 0.316 e. The molecule has 18 heavy (non-hydrogen) atoms. The van der Waals surface area contributed by atoms with Crippen LogP contribution in [0.2, 0.25) is 0 Å². The summed E-state index contributed by atoms with van der Waals surface area (Å²) in [6.45, 7) is 4.04. The molecule has 1 aliphatic heterocycles. The van der Waals surface area contributed by atoms with Crippen molar-refractivity contribution in [3.63, 3.8) is 0 Å². The lowest BCUT2D eigenvalue weighted by atomic mass is 9.70. The zero-order valence-electron chi connectivity index (χ0n) is 11.0. The summed E-state index contributed by atoms with van der Waals surface area (Å²) >= 11 is 0. The van der Waals surface area contributed by atoms with Crippen molar-refractivity contribution in [2.24, 2.45) is 5.41 Å². The number of nitrogens with one attached hydrogen (secondary N) is 1. The maximum absolute atomic E-state index is 12.6. The minimum absolute atomic E-state index is 0.0649. The van der Waals surface area contributed by atoms with E-state index in [4.69, 9.17) is 0 Å². The van der Waals surface area contributed by atoms with Crippen LogP contribution in [0.5, 0.6) is 0 Å². The fourth-order valence-electron chi connectivity index (χ4n) is 3.47. The van der Waals surface area contributed by atoms with E-state index in [1.807, 2.05) is 0 Å². The van der Waals surface area contributed by atoms with Gasteiger partial charge in [-0.25, -0.2) is 0 Å². The van der Waals surface area contributed by atoms with Crippen LogP contribution in [0.1, 0.15) is 43.2 Å². The Morgan fingerprint density at radius 2 is 2.28 bits per heavy atom. The molecule has 2 nitrogen and oxygen atoms in total. The molecule has 1 heterocycles. The van der Waals surface area contributed by atoms with Crippen molar-refractivity contribution in [2.45, 2.75) is 38.5 Å². The van der Waals surface area contributed by atoms with Gasteiger partial charge in [0.1, 0.15) is 5.78 Å². The Labute approximate surface area is 109 Å². The van der Waals surface area contributed by atoms with Crippen molar-refractivity contribution < 1.29 is 4.79 Å². The smallest absolute Gasteiger partial charge is 0.140 e. The third-order valence-electron chi connectivity index (χ3n) is 4.91. The molecule has 0 bridgehead atoms. The molecule has 1 saturated heterocycles. The van der Waals surface area contributed by atoms with E-state index in [2.05, 4.69) is 36.5 Å². The number of rotatable bonds is 4. The van der Waals surface area contributed by atoms with Crippen molar-refractivity contribution in [1.29, 1.82) is 0 Å². The van der Waals surface area contributed by atoms with Gasteiger partial charge >= 0.3 is 0 Å². The SMILES string of the molecule is CCC1(C(=O)CC2Cc3ccccc32)CCNC1. The zero-order chi connectivity index (χ0) is 12.6. The predicted octanol–water partition coefficient (Wildman–Crippen LogP) is 2.68. The number of hydrogen-bond acceptors (Lipinski definition) is 2. The van der Waals surface area contributed by atoms with Gasteiger partial charge in [-0.2, -0.15) is 0 Å². The van der Waals surface area contributed by atoms with E-state index in [9.17, 15) is 4.79 Å². The molecule has 2 aliphatic rings. The number of hydrogen-bond donors (Lipinski definition) is 1. The highest BCUT2D eigenvalue weighted by atomic mass is 16.1. The van der Waals surface area contributed by atoms with Crippen molar-refractivity contribution in [3.05, 3.63) is 35.4 Å². The van der Waals surface area contributed by atoms with E-state index in [-0.39, 0.29) is 5.41 Å². The second-order valence-electron chi connectivity index (χ2n) is 5.79. The summed E-state index contributed by atoms with van der Waals surface area (Å²) in [7, 11) is 0. The normalized spacial score (nSPS) is 29.7. The number of Topliss-reactive ketones (excluding diaryl/α,β-unsaturated/α-hetero) is 1. The number of fused-ring (bicyclic) bond motifs is 1. The molecule has 2 unspecified atom stereocenters. The Morgan fingerprint density at radius 3 is 2.94 bits per heavy atom. The van der Waals surface area contributed by atoms with Crippen LogP contribution in [0.25, 0.3) is 0 Å². The molecule has 0 amide bonds. The third kappa shape index (κ3) is 1.79. The highest BCUT2D eigenvalue weighted by Gasteiger charge is 2.41. The van der Waals surface area contributed by atoms with Gasteiger partial charge in [-0.15, -0.1) is 0 Å². The minimum atomic E-state index is -0.0649. The van der Waals surface area contributed by atoms with Gasteiger partial charge in [-0.05, 0) is 42.9 Å². The summed E-state index contributed by atoms with van der Waals surface area (Å²) < 4.78 is 0. The van der Waals surface area contributed by atoms with Gasteiger partial charge in [0.2, 0.25) is 0 Å². The fourth-order valence-corrected chi connectivity index (χ4v) is 3.47. The van der Waals surface area contributed by atoms with Gasteiger partial charge in [-0.1, -0.05) is 31.2 Å². The molecule has 1 N–H and O–H groups in total. The quantitative estimate of drug-likeness (QED) is 0.881. The van der Waals surface area contributed by atoms with Gasteiger partial charge in [0.25, 0.3) is 0 Å². The standard InChI is InChI=1S/C16H21NO/c1-2-16(7-8-17-11-16)15(18)10-13-9-12-5-3-4-6-14(12)13/h3-6,13,17H,2,7-11H2,1H3. The summed E-state index contributed by atoms with van der Waals surface area (Å²) in [5.74, 6) is 0.965. The van der Waals surface area contributed by atoms with Crippen LogP contribution in [-0.2, 0) is 11.2 Å². The van der Waals surface area contributed by atoms with E-state index < -0.39 is 0 Å². The van der Waals surface area contributed by atoms with Gasteiger partial charge < -0.3 is 5.32 Å². The molecule has 1 aromatic rings. The monoisotopic (exact) mass is 243 g/mol. The maximum Gasteiger partial charge on any atom is 0.140 e. The lowest BCUT2D eigenvalue weighted by Crippen LogP contribution is -2.35. The van der Waals surface area contributed by atoms with Gasteiger partial charge in [0.15, 0.2) is 0 Å². The Kier molecular flexibility index (Phi) is 2.98. The molecule has 3 rings (SSSR count). The molecule has 2 heteroatoms. The average Bonchev–Trinajstić information content (AvgIpc) is 2.86. The lowest BCUT2D eigenvalue weighted by Gasteiger charge is -2.33. The van der Waals surface area contributed by atoms with E-state index >= 15 is 0 Å². The third-order valence-corrected chi connectivity index (χ3v) is 4.91. The van der Waals surface area contributed by atoms with E-state index in [1.54, 1.807) is 0 Å². The Hall–Kier alpha value is -1.15. The van der Waals surface area contributed by atoms with Gasteiger partial charge in [-0.3, -0.25) is 4.79 Å². The number of carbonyl (C=O) groups excluding carboxylic acids is 1. The van der Waals surface area contributed by atoms with Crippen LogP contribution < -0.4 is 5.32 Å². The number of ketones is 1. The van der Waals surface area contributed by atoms with E-state index in [1.165, 1.54) is 11.1 Å². The van der Waals surface area contributed by atoms with E-state index in [0.717, 1.165) is 38.8 Å². The molecule has 2 atom stereocenters. The predicted molar refractivity (Wildman–Crippen MR) is 72.7 cm³/mol. The molecule has 1 aliphatic carbocycles. The molecule has 1 fully saturated rings. The first-order valence-corrected chi connectivity index (χ1v) is 7.07. The van der Waals surface area contributed by atoms with Gasteiger partial charge in [0, 0.05) is 18.4 Å². The van der Waals surface area contributed by atoms with Crippen molar-refractivity contribution in [3.8, 4) is 0 Å². The molecule has 0 spiro atoms. The first-order valence-electron chi connectivity index (χ1n) is 7.07. The Bertz CT molecular complexity index is 460. The molecule has 1 aromatic carbocycles. The summed E-state index contributed by atoms with van der Waals surface area (Å²) in [5.41, 5.74) is 2.78. The van der Waals surface area contributed by atoms with Crippen LogP contribution >= 0.6 is 0 Å². The Balaban J connectivity index is 1.70.